The Labute approximate surface area is 107 Å². The van der Waals surface area contributed by atoms with E-state index in [4.69, 9.17) is 0 Å². The zero-order valence-corrected chi connectivity index (χ0v) is 10.3. The minimum atomic E-state index is 0.794. The average molecular weight is 231 g/mol. The van der Waals surface area contributed by atoms with Gasteiger partial charge in [-0.1, -0.05) is 54.1 Å². The molecule has 0 amide bonds. The molecule has 1 aliphatic carbocycles. The van der Waals surface area contributed by atoms with E-state index in [-0.39, 0.29) is 0 Å². The van der Waals surface area contributed by atoms with E-state index in [1.807, 2.05) is 24.3 Å². The monoisotopic (exact) mass is 231 g/mol. The van der Waals surface area contributed by atoms with E-state index < -0.39 is 0 Å². The molecule has 0 N–H and O–H groups in total. The summed E-state index contributed by atoms with van der Waals surface area (Å²) in [7, 11) is 0. The second-order valence-corrected chi connectivity index (χ2v) is 4.64. The van der Waals surface area contributed by atoms with Gasteiger partial charge in [-0.05, 0) is 29.9 Å². The first-order chi connectivity index (χ1) is 8.79. The first kappa shape index (κ1) is 10.8. The molecule has 0 fully saturated rings. The second kappa shape index (κ2) is 4.16. The van der Waals surface area contributed by atoms with E-state index in [1.54, 1.807) is 0 Å². The van der Waals surface area contributed by atoms with Gasteiger partial charge in [0.05, 0.1) is 5.56 Å². The second-order valence-electron chi connectivity index (χ2n) is 4.64. The topological polar surface area (TPSA) is 23.8 Å². The largest absolute Gasteiger partial charge is 0.192 e. The number of nitrogens with zero attached hydrogens (tertiary/aromatic N) is 1. The predicted molar refractivity (Wildman–Crippen MR) is 75.0 cm³/mol. The van der Waals surface area contributed by atoms with Crippen molar-refractivity contribution in [1.82, 2.24) is 0 Å². The van der Waals surface area contributed by atoms with E-state index in [2.05, 4.69) is 37.3 Å². The van der Waals surface area contributed by atoms with Gasteiger partial charge < -0.3 is 0 Å². The molecule has 0 saturated carbocycles. The molecule has 0 bridgehead atoms. The number of benzene rings is 2. The van der Waals surface area contributed by atoms with Gasteiger partial charge in [0, 0.05) is 5.39 Å². The fourth-order valence-electron chi connectivity index (χ4n) is 2.51. The first-order valence-electron chi connectivity index (χ1n) is 6.09. The van der Waals surface area contributed by atoms with Crippen molar-refractivity contribution in [2.75, 3.05) is 0 Å². The molecule has 0 atom stereocenters. The minimum Gasteiger partial charge on any atom is -0.192 e. The van der Waals surface area contributed by atoms with Gasteiger partial charge in [0.15, 0.2) is 0 Å². The van der Waals surface area contributed by atoms with Crippen LogP contribution in [0.2, 0.25) is 0 Å². The van der Waals surface area contributed by atoms with Crippen molar-refractivity contribution in [3.63, 3.8) is 0 Å². The van der Waals surface area contributed by atoms with Crippen molar-refractivity contribution >= 4 is 16.3 Å². The average Bonchev–Trinajstić information content (AvgIpc) is 2.84. The van der Waals surface area contributed by atoms with Crippen molar-refractivity contribution in [3.8, 4) is 6.07 Å². The van der Waals surface area contributed by atoms with Crippen LogP contribution < -0.4 is 0 Å². The fourth-order valence-corrected chi connectivity index (χ4v) is 2.51. The summed E-state index contributed by atoms with van der Waals surface area (Å²) in [6.45, 7) is 2.10. The Bertz CT molecular complexity index is 727. The zero-order chi connectivity index (χ0) is 12.5. The lowest BCUT2D eigenvalue weighted by Crippen LogP contribution is -1.90. The Hall–Kier alpha value is -2.33. The van der Waals surface area contributed by atoms with Crippen molar-refractivity contribution in [1.29, 1.82) is 5.26 Å². The van der Waals surface area contributed by atoms with E-state index in [9.17, 15) is 5.26 Å². The van der Waals surface area contributed by atoms with Gasteiger partial charge in [-0.15, -0.1) is 0 Å². The third-order valence-electron chi connectivity index (χ3n) is 3.43. The van der Waals surface area contributed by atoms with Gasteiger partial charge in [0.25, 0.3) is 0 Å². The maximum absolute atomic E-state index is 9.45. The Kier molecular flexibility index (Phi) is 2.50. The number of hydrogen-bond donors (Lipinski definition) is 0. The van der Waals surface area contributed by atoms with Crippen molar-refractivity contribution in [3.05, 3.63) is 65.3 Å². The van der Waals surface area contributed by atoms with Crippen LogP contribution in [0.3, 0.4) is 0 Å². The molecule has 0 heterocycles. The summed E-state index contributed by atoms with van der Waals surface area (Å²) in [5.41, 5.74) is 4.39. The Morgan fingerprint density at radius 1 is 1.11 bits per heavy atom. The number of nitriles is 1. The van der Waals surface area contributed by atoms with Gasteiger partial charge in [-0.2, -0.15) is 5.26 Å². The first-order valence-corrected chi connectivity index (χ1v) is 6.09. The maximum atomic E-state index is 9.45. The maximum Gasteiger partial charge on any atom is 0.100 e. The lowest BCUT2D eigenvalue weighted by Gasteiger charge is -2.08. The molecular weight excluding hydrogens is 218 g/mol. The molecule has 0 unspecified atom stereocenters. The molecule has 18 heavy (non-hydrogen) atoms. The predicted octanol–water partition coefficient (Wildman–Crippen LogP) is 4.44. The van der Waals surface area contributed by atoms with Gasteiger partial charge in [-0.3, -0.25) is 0 Å². The smallest absolute Gasteiger partial charge is 0.100 e. The van der Waals surface area contributed by atoms with Gasteiger partial charge in [0.2, 0.25) is 0 Å². The van der Waals surface area contributed by atoms with Crippen LogP contribution in [-0.4, -0.2) is 0 Å². The summed E-state index contributed by atoms with van der Waals surface area (Å²) in [6, 6.07) is 14.6. The van der Waals surface area contributed by atoms with Gasteiger partial charge in [0.1, 0.15) is 6.07 Å². The highest BCUT2D eigenvalue weighted by Crippen LogP contribution is 2.32. The molecule has 0 saturated heterocycles. The molecule has 1 heteroatoms. The third kappa shape index (κ3) is 1.63. The Morgan fingerprint density at radius 2 is 1.94 bits per heavy atom. The molecule has 3 rings (SSSR count). The zero-order valence-electron chi connectivity index (χ0n) is 10.3. The van der Waals surface area contributed by atoms with Crippen LogP contribution in [0.1, 0.15) is 24.5 Å². The number of fused-ring (bicyclic) bond motifs is 1. The number of rotatable bonds is 1. The van der Waals surface area contributed by atoms with Crippen LogP contribution >= 0.6 is 0 Å². The lowest BCUT2D eigenvalue weighted by atomic mass is 9.94. The van der Waals surface area contributed by atoms with Crippen LogP contribution in [0, 0.1) is 11.3 Å². The standard InChI is InChI=1S/C17H13N/c1-12-6-7-14(10-12)16-9-8-13-4-2-3-5-15(13)17(16)11-18/h2-6,8-10H,7H2,1H3. The molecule has 2 aromatic carbocycles. The molecule has 1 nitrogen and oxygen atoms in total. The molecule has 86 valence electrons. The molecule has 0 radical (unpaired) electrons. The van der Waals surface area contributed by atoms with Crippen LogP contribution in [-0.2, 0) is 0 Å². The highest BCUT2D eigenvalue weighted by molar-refractivity contribution is 5.93. The summed E-state index contributed by atoms with van der Waals surface area (Å²) in [5.74, 6) is 0. The fraction of sp³-hybridized carbons (Fsp3) is 0.118. The molecular formula is C17H13N. The molecule has 1 aliphatic rings. The summed E-state index contributed by atoms with van der Waals surface area (Å²) in [6.07, 6.45) is 5.30. The SMILES string of the molecule is CC1=CCC(c2ccc3ccccc3c2C#N)=C1. The molecule has 0 aromatic heterocycles. The van der Waals surface area contributed by atoms with Crippen LogP contribution in [0.5, 0.6) is 0 Å². The lowest BCUT2D eigenvalue weighted by molar-refractivity contribution is 1.40. The highest BCUT2D eigenvalue weighted by Gasteiger charge is 2.13. The molecule has 0 spiro atoms. The van der Waals surface area contributed by atoms with Gasteiger partial charge in [-0.25, -0.2) is 0 Å². The highest BCUT2D eigenvalue weighted by atomic mass is 14.3. The Morgan fingerprint density at radius 3 is 2.67 bits per heavy atom. The minimum absolute atomic E-state index is 0.794. The van der Waals surface area contributed by atoms with E-state index in [0.717, 1.165) is 28.3 Å². The summed E-state index contributed by atoms with van der Waals surface area (Å²) < 4.78 is 0. The quantitative estimate of drug-likeness (QED) is 0.711. The van der Waals surface area contributed by atoms with Crippen molar-refractivity contribution < 1.29 is 0 Å². The van der Waals surface area contributed by atoms with E-state index in [1.165, 1.54) is 11.1 Å². The van der Waals surface area contributed by atoms with E-state index >= 15 is 0 Å². The van der Waals surface area contributed by atoms with Crippen LogP contribution in [0.25, 0.3) is 16.3 Å². The number of allylic oxidation sites excluding steroid dienone is 4. The van der Waals surface area contributed by atoms with E-state index in [0.29, 0.717) is 0 Å². The number of hydrogen-bond acceptors (Lipinski definition) is 1. The normalized spacial score (nSPS) is 14.2. The third-order valence-corrected chi connectivity index (χ3v) is 3.43. The summed E-state index contributed by atoms with van der Waals surface area (Å²) >= 11 is 0. The Balaban J connectivity index is 2.26. The summed E-state index contributed by atoms with van der Waals surface area (Å²) in [5, 5.41) is 11.6. The van der Waals surface area contributed by atoms with Crippen LogP contribution in [0.4, 0.5) is 0 Å². The van der Waals surface area contributed by atoms with Crippen LogP contribution in [0.15, 0.2) is 54.1 Å². The summed E-state index contributed by atoms with van der Waals surface area (Å²) in [4.78, 5) is 0. The molecule has 0 aliphatic heterocycles. The molecule has 2 aromatic rings. The van der Waals surface area contributed by atoms with Gasteiger partial charge >= 0.3 is 0 Å². The van der Waals surface area contributed by atoms with Crippen molar-refractivity contribution in [2.45, 2.75) is 13.3 Å². The van der Waals surface area contributed by atoms with Crippen molar-refractivity contribution in [2.24, 2.45) is 0 Å².